The Bertz CT molecular complexity index is 1180. The molecule has 0 unspecified atom stereocenters. The van der Waals surface area contributed by atoms with E-state index in [1.165, 1.54) is 12.8 Å². The van der Waals surface area contributed by atoms with Crippen LogP contribution in [0.1, 0.15) is 24.0 Å². The smallest absolute Gasteiger partial charge is 0.146 e. The molecule has 1 fully saturated rings. The lowest BCUT2D eigenvalue weighted by molar-refractivity contribution is 0.324. The van der Waals surface area contributed by atoms with Crippen LogP contribution in [0.4, 0.5) is 0 Å². The predicted molar refractivity (Wildman–Crippen MR) is 120 cm³/mol. The van der Waals surface area contributed by atoms with Crippen molar-refractivity contribution in [3.05, 3.63) is 70.5 Å². The van der Waals surface area contributed by atoms with Crippen molar-refractivity contribution < 1.29 is 5.11 Å². The summed E-state index contributed by atoms with van der Waals surface area (Å²) in [5.41, 5.74) is 4.48. The molecular formula is C23H22BrN5O. The van der Waals surface area contributed by atoms with E-state index in [2.05, 4.69) is 42.1 Å². The lowest BCUT2D eigenvalue weighted by atomic mass is 10.0. The van der Waals surface area contributed by atoms with Gasteiger partial charge in [-0.3, -0.25) is 9.88 Å². The number of halogens is 1. The Morgan fingerprint density at radius 1 is 1.00 bits per heavy atom. The Morgan fingerprint density at radius 3 is 2.60 bits per heavy atom. The summed E-state index contributed by atoms with van der Waals surface area (Å²) < 4.78 is 1.03. The van der Waals surface area contributed by atoms with Crippen molar-refractivity contribution in [1.82, 2.24) is 24.9 Å². The van der Waals surface area contributed by atoms with Gasteiger partial charge in [0.05, 0.1) is 12.7 Å². The van der Waals surface area contributed by atoms with E-state index in [1.807, 2.05) is 36.4 Å². The Balaban J connectivity index is 1.49. The van der Waals surface area contributed by atoms with Crippen LogP contribution in [0.5, 0.6) is 5.75 Å². The van der Waals surface area contributed by atoms with Gasteiger partial charge in [0.15, 0.2) is 0 Å². The van der Waals surface area contributed by atoms with Gasteiger partial charge in [-0.15, -0.1) is 0 Å². The summed E-state index contributed by atoms with van der Waals surface area (Å²) in [5.74, 6) is 0.283. The summed E-state index contributed by atoms with van der Waals surface area (Å²) >= 11 is 3.46. The molecule has 2 aromatic carbocycles. The zero-order valence-electron chi connectivity index (χ0n) is 16.5. The van der Waals surface area contributed by atoms with Crippen LogP contribution in [0.3, 0.4) is 0 Å². The molecule has 2 aromatic heterocycles. The minimum Gasteiger partial charge on any atom is -0.505 e. The van der Waals surface area contributed by atoms with Crippen molar-refractivity contribution in [2.24, 2.45) is 0 Å². The third-order valence-electron chi connectivity index (χ3n) is 5.61. The minimum absolute atomic E-state index is 0.283. The van der Waals surface area contributed by atoms with Crippen molar-refractivity contribution in [3.63, 3.8) is 0 Å². The van der Waals surface area contributed by atoms with E-state index >= 15 is 0 Å². The van der Waals surface area contributed by atoms with Gasteiger partial charge >= 0.3 is 0 Å². The number of phenols is 1. The number of fused-ring (bicyclic) bond motifs is 1. The van der Waals surface area contributed by atoms with Crippen molar-refractivity contribution in [2.45, 2.75) is 25.9 Å². The second kappa shape index (κ2) is 8.16. The van der Waals surface area contributed by atoms with Crippen LogP contribution in [0.2, 0.25) is 0 Å². The van der Waals surface area contributed by atoms with Gasteiger partial charge in [0.2, 0.25) is 0 Å². The molecule has 0 atom stereocenters. The fourth-order valence-electron chi connectivity index (χ4n) is 4.07. The molecule has 0 spiro atoms. The largest absolute Gasteiger partial charge is 0.505 e. The van der Waals surface area contributed by atoms with E-state index in [0.29, 0.717) is 12.1 Å². The summed E-state index contributed by atoms with van der Waals surface area (Å²) in [5, 5.41) is 20.9. The number of benzene rings is 2. The summed E-state index contributed by atoms with van der Waals surface area (Å²) in [6, 6.07) is 14.0. The molecule has 0 bridgehead atoms. The topological polar surface area (TPSA) is 67.1 Å². The number of pyridine rings is 1. The summed E-state index contributed by atoms with van der Waals surface area (Å²) in [7, 11) is 0. The lowest BCUT2D eigenvalue weighted by Gasteiger charge is -2.18. The average molecular weight is 464 g/mol. The zero-order valence-corrected chi connectivity index (χ0v) is 18.1. The van der Waals surface area contributed by atoms with Crippen molar-refractivity contribution in [3.8, 4) is 17.0 Å². The quantitative estimate of drug-likeness (QED) is 0.468. The maximum Gasteiger partial charge on any atom is 0.146 e. The highest BCUT2D eigenvalue weighted by molar-refractivity contribution is 9.10. The maximum atomic E-state index is 10.8. The monoisotopic (exact) mass is 463 g/mol. The van der Waals surface area contributed by atoms with Crippen LogP contribution in [0, 0.1) is 0 Å². The van der Waals surface area contributed by atoms with Crippen LogP contribution in [-0.4, -0.2) is 43.1 Å². The molecule has 7 heteroatoms. The number of nitrogens with zero attached hydrogens (tertiary/aromatic N) is 5. The first-order chi connectivity index (χ1) is 14.7. The summed E-state index contributed by atoms with van der Waals surface area (Å²) in [4.78, 5) is 8.54. The van der Waals surface area contributed by atoms with Gasteiger partial charge in [-0.05, 0) is 55.8 Å². The number of rotatable bonds is 5. The fourth-order valence-corrected chi connectivity index (χ4v) is 4.34. The van der Waals surface area contributed by atoms with Crippen molar-refractivity contribution >= 4 is 26.8 Å². The Kier molecular flexibility index (Phi) is 5.23. The number of likely N-dealkylation sites (tertiary alicyclic amines) is 1. The van der Waals surface area contributed by atoms with Crippen LogP contribution >= 0.6 is 15.9 Å². The molecule has 152 valence electrons. The standard InChI is InChI=1S/C23H22BrN5O/c24-19-7-5-16(6-8-19)21-13-26-29(27-21)15-17-12-18(14-28-10-1-2-11-28)23(30)22-20(17)4-3-9-25-22/h3-9,12-13,30H,1-2,10-11,14-15H2. The molecule has 0 saturated carbocycles. The van der Waals surface area contributed by atoms with Crippen molar-refractivity contribution in [1.29, 1.82) is 0 Å². The highest BCUT2D eigenvalue weighted by Gasteiger charge is 2.18. The highest BCUT2D eigenvalue weighted by Crippen LogP contribution is 2.32. The van der Waals surface area contributed by atoms with Gasteiger partial charge in [-0.1, -0.05) is 34.1 Å². The molecule has 0 radical (unpaired) electrons. The first-order valence-corrected chi connectivity index (χ1v) is 10.9. The third kappa shape index (κ3) is 3.82. The first kappa shape index (κ1) is 19.2. The normalized spacial score (nSPS) is 14.6. The lowest BCUT2D eigenvalue weighted by Crippen LogP contribution is -2.18. The zero-order chi connectivity index (χ0) is 20.5. The van der Waals surface area contributed by atoms with Gasteiger partial charge in [0.25, 0.3) is 0 Å². The Morgan fingerprint density at radius 2 is 1.80 bits per heavy atom. The van der Waals surface area contributed by atoms with Gasteiger partial charge < -0.3 is 5.11 Å². The fraction of sp³-hybridized carbons (Fsp3) is 0.261. The molecule has 1 N–H and O–H groups in total. The predicted octanol–water partition coefficient (Wildman–Crippen LogP) is 4.61. The molecular weight excluding hydrogens is 442 g/mol. The number of hydrogen-bond donors (Lipinski definition) is 1. The molecule has 1 aliphatic heterocycles. The van der Waals surface area contributed by atoms with Crippen molar-refractivity contribution in [2.75, 3.05) is 13.1 Å². The molecule has 1 saturated heterocycles. The van der Waals surface area contributed by atoms with Gasteiger partial charge in [0, 0.05) is 33.7 Å². The molecule has 30 heavy (non-hydrogen) atoms. The first-order valence-electron chi connectivity index (χ1n) is 10.1. The second-order valence-electron chi connectivity index (χ2n) is 7.69. The molecule has 1 aliphatic rings. The number of hydrogen-bond acceptors (Lipinski definition) is 5. The van der Waals surface area contributed by atoms with E-state index in [0.717, 1.165) is 51.9 Å². The van der Waals surface area contributed by atoms with Crippen LogP contribution in [0.15, 0.2) is 59.3 Å². The number of phenolic OH excluding ortho intramolecular Hbond substituents is 1. The Hall–Kier alpha value is -2.77. The highest BCUT2D eigenvalue weighted by atomic mass is 79.9. The van der Waals surface area contributed by atoms with E-state index < -0.39 is 0 Å². The van der Waals surface area contributed by atoms with Crippen LogP contribution < -0.4 is 0 Å². The SMILES string of the molecule is Oc1c(CN2CCCC2)cc(Cn2ncc(-c3ccc(Br)cc3)n2)c2cccnc12. The van der Waals surface area contributed by atoms with Gasteiger partial charge in [-0.25, -0.2) is 0 Å². The van der Waals surface area contributed by atoms with E-state index in [4.69, 9.17) is 0 Å². The maximum absolute atomic E-state index is 10.8. The van der Waals surface area contributed by atoms with E-state index in [1.54, 1.807) is 17.2 Å². The molecule has 0 aliphatic carbocycles. The second-order valence-corrected chi connectivity index (χ2v) is 8.61. The third-order valence-corrected chi connectivity index (χ3v) is 6.14. The minimum atomic E-state index is 0.283. The van der Waals surface area contributed by atoms with Gasteiger partial charge in [0.1, 0.15) is 17.0 Å². The molecule has 5 rings (SSSR count). The van der Waals surface area contributed by atoms with Gasteiger partial charge in [-0.2, -0.15) is 15.0 Å². The van der Waals surface area contributed by atoms with E-state index in [9.17, 15) is 5.11 Å². The van der Waals surface area contributed by atoms with E-state index in [-0.39, 0.29) is 5.75 Å². The summed E-state index contributed by atoms with van der Waals surface area (Å²) in [6.45, 7) is 3.41. The van der Waals surface area contributed by atoms with Crippen LogP contribution in [0.25, 0.3) is 22.2 Å². The average Bonchev–Trinajstić information content (AvgIpc) is 3.44. The number of aromatic nitrogens is 4. The molecule has 3 heterocycles. The van der Waals surface area contributed by atoms with Crippen LogP contribution in [-0.2, 0) is 13.1 Å². The Labute approximate surface area is 183 Å². The molecule has 6 nitrogen and oxygen atoms in total. The molecule has 4 aromatic rings. The summed E-state index contributed by atoms with van der Waals surface area (Å²) in [6.07, 6.45) is 5.95. The molecule has 0 amide bonds. The number of aromatic hydroxyl groups is 1.